The van der Waals surface area contributed by atoms with Crippen molar-refractivity contribution in [3.05, 3.63) is 57.6 Å². The predicted octanol–water partition coefficient (Wildman–Crippen LogP) is 5.82. The molecule has 1 fully saturated rings. The molecule has 0 bridgehead atoms. The Morgan fingerprint density at radius 1 is 1.16 bits per heavy atom. The molecule has 172 valence electrons. The zero-order chi connectivity index (χ0) is 23.6. The summed E-state index contributed by atoms with van der Waals surface area (Å²) in [5.74, 6) is -0.510. The Balaban J connectivity index is 1.85. The van der Waals surface area contributed by atoms with Crippen molar-refractivity contribution < 1.29 is 22.8 Å². The van der Waals surface area contributed by atoms with Gasteiger partial charge in [-0.1, -0.05) is 23.2 Å². The largest absolute Gasteiger partial charge is 0.417 e. The van der Waals surface area contributed by atoms with Crippen molar-refractivity contribution in [3.8, 4) is 0 Å². The smallest absolute Gasteiger partial charge is 0.347 e. The second-order valence-electron chi connectivity index (χ2n) is 7.42. The third kappa shape index (κ3) is 5.44. The van der Waals surface area contributed by atoms with Gasteiger partial charge >= 0.3 is 6.18 Å². The number of rotatable bonds is 5. The average molecular weight is 506 g/mol. The van der Waals surface area contributed by atoms with E-state index in [1.807, 2.05) is 0 Å². The zero-order valence-corrected chi connectivity index (χ0v) is 19.5. The number of hydrogen-bond acceptors (Lipinski definition) is 4. The fraction of sp³-hybridized carbons (Fsp3) is 0.333. The lowest BCUT2D eigenvalue weighted by Crippen LogP contribution is -2.45. The summed E-state index contributed by atoms with van der Waals surface area (Å²) < 4.78 is 42.3. The maximum Gasteiger partial charge on any atom is 0.417 e. The van der Waals surface area contributed by atoms with E-state index >= 15 is 0 Å². The number of carbonyl (C=O) groups is 2. The monoisotopic (exact) mass is 505 g/mol. The van der Waals surface area contributed by atoms with Crippen molar-refractivity contribution in [1.29, 1.82) is 0 Å². The van der Waals surface area contributed by atoms with Gasteiger partial charge in [0.1, 0.15) is 6.04 Å². The molecule has 2 aromatic rings. The number of amides is 2. The molecule has 3 rings (SSSR count). The first kappa shape index (κ1) is 24.5. The summed E-state index contributed by atoms with van der Waals surface area (Å²) in [5.41, 5.74) is -0.347. The number of nitrogens with zero attached hydrogens (tertiary/aromatic N) is 2. The lowest BCUT2D eigenvalue weighted by molar-refractivity contribution is -0.137. The van der Waals surface area contributed by atoms with E-state index in [4.69, 9.17) is 23.2 Å². The van der Waals surface area contributed by atoms with Gasteiger partial charge in [0.15, 0.2) is 0 Å². The van der Waals surface area contributed by atoms with Crippen molar-refractivity contribution in [2.24, 2.45) is 0 Å². The fourth-order valence-corrected chi connectivity index (χ4v) is 4.51. The maximum absolute atomic E-state index is 13.3. The van der Waals surface area contributed by atoms with Gasteiger partial charge in [-0.3, -0.25) is 9.59 Å². The molecule has 0 spiro atoms. The third-order valence-corrected chi connectivity index (χ3v) is 6.35. The Morgan fingerprint density at radius 2 is 1.88 bits per heavy atom. The summed E-state index contributed by atoms with van der Waals surface area (Å²) in [6, 6.07) is 7.58. The van der Waals surface area contributed by atoms with Crippen LogP contribution in [0.4, 0.5) is 18.9 Å². The minimum Gasteiger partial charge on any atom is -0.347 e. The zero-order valence-electron chi connectivity index (χ0n) is 17.2. The van der Waals surface area contributed by atoms with E-state index in [-0.39, 0.29) is 22.3 Å². The number of hydrogen-bond donors (Lipinski definition) is 1. The topological polar surface area (TPSA) is 52.7 Å². The number of carbonyl (C=O) groups excluding carboxylic acids is 2. The second-order valence-corrected chi connectivity index (χ2v) is 9.15. The van der Waals surface area contributed by atoms with Crippen LogP contribution in [0.1, 0.15) is 28.8 Å². The Kier molecular flexibility index (Phi) is 7.52. The van der Waals surface area contributed by atoms with Crippen molar-refractivity contribution >= 4 is 52.7 Å². The first-order chi connectivity index (χ1) is 15.0. The van der Waals surface area contributed by atoms with E-state index < -0.39 is 22.8 Å². The molecule has 1 atom stereocenters. The highest BCUT2D eigenvalue weighted by molar-refractivity contribution is 8.00. The van der Waals surface area contributed by atoms with Crippen LogP contribution in [0.15, 0.2) is 41.3 Å². The molecule has 1 saturated heterocycles. The van der Waals surface area contributed by atoms with Crippen molar-refractivity contribution in [2.75, 3.05) is 25.4 Å². The number of alkyl halides is 3. The van der Waals surface area contributed by atoms with Gasteiger partial charge in [0.05, 0.1) is 21.8 Å². The summed E-state index contributed by atoms with van der Waals surface area (Å²) in [5, 5.41) is -0.0508. The quantitative estimate of drug-likeness (QED) is 0.519. The highest BCUT2D eigenvalue weighted by Gasteiger charge is 2.36. The lowest BCUT2D eigenvalue weighted by atomic mass is 10.1. The normalized spacial score (nSPS) is 16.2. The van der Waals surface area contributed by atoms with Crippen molar-refractivity contribution in [2.45, 2.75) is 30.0 Å². The Morgan fingerprint density at radius 3 is 2.53 bits per heavy atom. The molecule has 2 amide bonds. The molecule has 1 unspecified atom stereocenters. The molecule has 0 radical (unpaired) electrons. The molecule has 1 N–H and O–H groups in total. The van der Waals surface area contributed by atoms with Crippen LogP contribution >= 0.6 is 35.1 Å². The number of nitrogens with one attached hydrogen (secondary N) is 1. The molecule has 5 nitrogen and oxygen atoms in total. The molecule has 0 saturated carbocycles. The molecule has 0 aliphatic carbocycles. The molecule has 0 aromatic heterocycles. The van der Waals surface area contributed by atoms with Gasteiger partial charge in [0.25, 0.3) is 5.91 Å². The van der Waals surface area contributed by atoms with Crippen molar-refractivity contribution in [3.63, 3.8) is 0 Å². The predicted molar refractivity (Wildman–Crippen MR) is 120 cm³/mol. The summed E-state index contributed by atoms with van der Waals surface area (Å²) in [6.45, 7) is 0.435. The first-order valence-corrected chi connectivity index (χ1v) is 11.2. The Labute approximate surface area is 198 Å². The van der Waals surface area contributed by atoms with E-state index in [1.54, 1.807) is 20.2 Å². The molecular weight excluding hydrogens is 486 g/mol. The maximum atomic E-state index is 13.3. The van der Waals surface area contributed by atoms with Gasteiger partial charge in [-0.25, -0.2) is 0 Å². The summed E-state index contributed by atoms with van der Waals surface area (Å²) in [7, 11) is 3.27. The molecular formula is C21H20Cl2F3N3O2S. The lowest BCUT2D eigenvalue weighted by Gasteiger charge is -2.27. The van der Waals surface area contributed by atoms with Crippen LogP contribution < -0.4 is 4.72 Å². The van der Waals surface area contributed by atoms with Crippen LogP contribution in [0.5, 0.6) is 0 Å². The van der Waals surface area contributed by atoms with Crippen LogP contribution in [0.3, 0.4) is 0 Å². The van der Waals surface area contributed by atoms with Crippen LogP contribution in [-0.4, -0.2) is 48.3 Å². The van der Waals surface area contributed by atoms with Crippen LogP contribution in [0.25, 0.3) is 0 Å². The van der Waals surface area contributed by atoms with E-state index in [9.17, 15) is 22.8 Å². The molecule has 11 heteroatoms. The van der Waals surface area contributed by atoms with Gasteiger partial charge in [-0.2, -0.15) is 13.2 Å². The summed E-state index contributed by atoms with van der Waals surface area (Å²) >= 11 is 12.7. The molecule has 1 aliphatic heterocycles. The third-order valence-electron chi connectivity index (χ3n) is 4.97. The van der Waals surface area contributed by atoms with Gasteiger partial charge in [0.2, 0.25) is 5.91 Å². The standard InChI is InChI=1S/C21H20Cl2F3N3O2S/c1-28(2)20(31)18-4-3-9-29(18)19(30)14-7-5-12(22)10-17(14)27-32-13-6-8-16(23)15(11-13)21(24,25)26/h5-8,10-11,18,27H,3-4,9H2,1-2H3. The molecule has 2 aromatic carbocycles. The molecule has 32 heavy (non-hydrogen) atoms. The van der Waals surface area contributed by atoms with Crippen LogP contribution in [0, 0.1) is 0 Å². The van der Waals surface area contributed by atoms with Crippen LogP contribution in [0.2, 0.25) is 10.0 Å². The van der Waals surface area contributed by atoms with Gasteiger partial charge in [-0.05, 0) is 61.2 Å². The fourth-order valence-electron chi connectivity index (χ4n) is 3.41. The highest BCUT2D eigenvalue weighted by Crippen LogP contribution is 2.37. The number of likely N-dealkylation sites (N-methyl/N-ethyl adjacent to an activating group) is 1. The summed E-state index contributed by atoms with van der Waals surface area (Å²) in [6.07, 6.45) is -3.32. The summed E-state index contributed by atoms with van der Waals surface area (Å²) in [4.78, 5) is 28.9. The Hall–Kier alpha value is -2.10. The first-order valence-electron chi connectivity index (χ1n) is 9.60. The van der Waals surface area contributed by atoms with E-state index in [2.05, 4.69) is 4.72 Å². The molecule has 1 aliphatic rings. The van der Waals surface area contributed by atoms with E-state index in [0.717, 1.165) is 18.0 Å². The van der Waals surface area contributed by atoms with Gasteiger partial charge < -0.3 is 14.5 Å². The Bertz CT molecular complexity index is 1030. The SMILES string of the molecule is CN(C)C(=O)C1CCCN1C(=O)c1ccc(Cl)cc1NSc1ccc(Cl)c(C(F)(F)F)c1. The second kappa shape index (κ2) is 9.80. The van der Waals surface area contributed by atoms with E-state index in [0.29, 0.717) is 30.1 Å². The van der Waals surface area contributed by atoms with Crippen molar-refractivity contribution in [1.82, 2.24) is 9.80 Å². The minimum atomic E-state index is -4.59. The van der Waals surface area contributed by atoms with Gasteiger partial charge in [-0.15, -0.1) is 0 Å². The molecule has 1 heterocycles. The van der Waals surface area contributed by atoms with Gasteiger partial charge in [0, 0.05) is 30.6 Å². The van der Waals surface area contributed by atoms with E-state index in [1.165, 1.54) is 34.1 Å². The minimum absolute atomic E-state index is 0.158. The van der Waals surface area contributed by atoms with Crippen LogP contribution in [-0.2, 0) is 11.0 Å². The number of anilines is 1. The highest BCUT2D eigenvalue weighted by atomic mass is 35.5. The number of likely N-dealkylation sites (tertiary alicyclic amines) is 1. The average Bonchev–Trinajstić information content (AvgIpc) is 3.21. The number of halogens is 5. The number of benzene rings is 2.